The van der Waals surface area contributed by atoms with Crippen LogP contribution in [0.2, 0.25) is 0 Å². The van der Waals surface area contributed by atoms with Crippen LogP contribution in [0, 0.1) is 0 Å². The predicted octanol–water partition coefficient (Wildman–Crippen LogP) is 1.42. The number of hydrogen-bond acceptors (Lipinski definition) is 6. The lowest BCUT2D eigenvalue weighted by molar-refractivity contribution is -0.309. The Kier molecular flexibility index (Phi) is 5.20. The van der Waals surface area contributed by atoms with E-state index in [2.05, 4.69) is 0 Å². The summed E-state index contributed by atoms with van der Waals surface area (Å²) in [6.45, 7) is 3.81. The van der Waals surface area contributed by atoms with Gasteiger partial charge in [-0.2, -0.15) is 0 Å². The SMILES string of the molecule is CCOc1cccc(/C=C2/SC(=S)N([C@@H](C)C(=O)[O-])C2=O)c1. The van der Waals surface area contributed by atoms with Crippen LogP contribution in [0.3, 0.4) is 0 Å². The van der Waals surface area contributed by atoms with Crippen LogP contribution in [0.4, 0.5) is 0 Å². The van der Waals surface area contributed by atoms with Gasteiger partial charge in [0.15, 0.2) is 0 Å². The summed E-state index contributed by atoms with van der Waals surface area (Å²) >= 11 is 6.16. The molecule has 0 aliphatic carbocycles. The fraction of sp³-hybridized carbons (Fsp3) is 0.267. The van der Waals surface area contributed by atoms with Crippen molar-refractivity contribution >= 4 is 46.3 Å². The second-order valence-electron chi connectivity index (χ2n) is 4.55. The van der Waals surface area contributed by atoms with Gasteiger partial charge in [0.2, 0.25) is 0 Å². The van der Waals surface area contributed by atoms with Crippen LogP contribution in [-0.4, -0.2) is 33.7 Å². The van der Waals surface area contributed by atoms with E-state index in [1.54, 1.807) is 12.1 Å². The summed E-state index contributed by atoms with van der Waals surface area (Å²) in [4.78, 5) is 24.7. The summed E-state index contributed by atoms with van der Waals surface area (Å²) in [7, 11) is 0. The van der Waals surface area contributed by atoms with Gasteiger partial charge in [-0.05, 0) is 37.6 Å². The standard InChI is InChI=1S/C15H15NO4S2/c1-3-20-11-6-4-5-10(7-11)8-12-13(17)16(15(21)22-12)9(2)14(18)19/h4-9H,3H2,1-2H3,(H,18,19)/p-1/b12-8+/t9-/m0/s1. The Balaban J connectivity index is 2.26. The van der Waals surface area contributed by atoms with E-state index in [4.69, 9.17) is 17.0 Å². The Morgan fingerprint density at radius 2 is 2.27 bits per heavy atom. The van der Waals surface area contributed by atoms with E-state index < -0.39 is 17.9 Å². The number of thiocarbonyl (C=S) groups is 1. The summed E-state index contributed by atoms with van der Waals surface area (Å²) in [6.07, 6.45) is 1.67. The number of aliphatic carboxylic acids is 1. The molecule has 1 aromatic carbocycles. The van der Waals surface area contributed by atoms with Gasteiger partial charge in [-0.1, -0.05) is 36.1 Å². The molecule has 1 aliphatic rings. The van der Waals surface area contributed by atoms with Crippen molar-refractivity contribution in [3.05, 3.63) is 34.7 Å². The molecule has 0 bridgehead atoms. The van der Waals surface area contributed by atoms with Gasteiger partial charge >= 0.3 is 0 Å². The fourth-order valence-electron chi connectivity index (χ4n) is 1.93. The van der Waals surface area contributed by atoms with Crippen molar-refractivity contribution in [2.45, 2.75) is 19.9 Å². The minimum Gasteiger partial charge on any atom is -0.548 e. The number of carbonyl (C=O) groups excluding carboxylic acids is 2. The van der Waals surface area contributed by atoms with Crippen LogP contribution in [0.5, 0.6) is 5.75 Å². The van der Waals surface area contributed by atoms with Crippen LogP contribution >= 0.6 is 24.0 Å². The average molecular weight is 336 g/mol. The number of ether oxygens (including phenoxy) is 1. The minimum atomic E-state index is -1.34. The van der Waals surface area contributed by atoms with Crippen molar-refractivity contribution in [1.29, 1.82) is 0 Å². The Morgan fingerprint density at radius 3 is 2.91 bits per heavy atom. The lowest BCUT2D eigenvalue weighted by Crippen LogP contribution is -2.48. The molecule has 22 heavy (non-hydrogen) atoms. The minimum absolute atomic E-state index is 0.217. The van der Waals surface area contributed by atoms with Crippen LogP contribution in [0.15, 0.2) is 29.2 Å². The van der Waals surface area contributed by atoms with E-state index in [0.29, 0.717) is 17.3 Å². The largest absolute Gasteiger partial charge is 0.548 e. The molecule has 1 atom stereocenters. The maximum absolute atomic E-state index is 12.3. The Labute approximate surface area is 137 Å². The normalized spacial score (nSPS) is 17.9. The summed E-state index contributed by atoms with van der Waals surface area (Å²) in [5, 5.41) is 10.9. The highest BCUT2D eigenvalue weighted by Crippen LogP contribution is 2.34. The van der Waals surface area contributed by atoms with Gasteiger partial charge in [0.1, 0.15) is 10.1 Å². The van der Waals surface area contributed by atoms with Gasteiger partial charge in [-0.15, -0.1) is 0 Å². The summed E-state index contributed by atoms with van der Waals surface area (Å²) in [6, 6.07) is 6.19. The number of amides is 1. The predicted molar refractivity (Wildman–Crippen MR) is 87.1 cm³/mol. The lowest BCUT2D eigenvalue weighted by atomic mass is 10.2. The second-order valence-corrected chi connectivity index (χ2v) is 6.23. The quantitative estimate of drug-likeness (QED) is 0.598. The number of carboxylic acid groups (broad SMARTS) is 1. The number of carboxylic acids is 1. The molecular formula is C15H14NO4S2-. The van der Waals surface area contributed by atoms with E-state index in [-0.39, 0.29) is 4.32 Å². The fourth-order valence-corrected chi connectivity index (χ4v) is 3.35. The molecule has 0 aromatic heterocycles. The zero-order valence-corrected chi connectivity index (χ0v) is 13.7. The van der Waals surface area contributed by atoms with Gasteiger partial charge in [0, 0.05) is 0 Å². The lowest BCUT2D eigenvalue weighted by Gasteiger charge is -2.23. The molecule has 0 N–H and O–H groups in total. The third-order valence-corrected chi connectivity index (χ3v) is 4.35. The molecule has 5 nitrogen and oxygen atoms in total. The van der Waals surface area contributed by atoms with E-state index >= 15 is 0 Å². The summed E-state index contributed by atoms with van der Waals surface area (Å²) in [5.41, 5.74) is 0.785. The third-order valence-electron chi connectivity index (χ3n) is 3.02. The first kappa shape index (κ1) is 16.5. The average Bonchev–Trinajstić information content (AvgIpc) is 2.73. The Bertz CT molecular complexity index is 657. The molecule has 1 fully saturated rings. The van der Waals surface area contributed by atoms with Crippen molar-refractivity contribution in [3.63, 3.8) is 0 Å². The third kappa shape index (κ3) is 3.48. The van der Waals surface area contributed by atoms with Gasteiger partial charge < -0.3 is 14.6 Å². The highest BCUT2D eigenvalue weighted by molar-refractivity contribution is 8.26. The van der Waals surface area contributed by atoms with Crippen molar-refractivity contribution in [1.82, 2.24) is 4.90 Å². The molecule has 1 heterocycles. The van der Waals surface area contributed by atoms with Crippen LogP contribution < -0.4 is 9.84 Å². The monoisotopic (exact) mass is 336 g/mol. The topological polar surface area (TPSA) is 69.7 Å². The number of rotatable bonds is 5. The van der Waals surface area contributed by atoms with Crippen molar-refractivity contribution in [2.75, 3.05) is 6.61 Å². The summed E-state index contributed by atoms with van der Waals surface area (Å²) in [5.74, 6) is -1.06. The molecular weight excluding hydrogens is 322 g/mol. The van der Waals surface area contributed by atoms with E-state index in [0.717, 1.165) is 22.2 Å². The molecule has 7 heteroatoms. The number of nitrogens with zero attached hydrogens (tertiary/aromatic N) is 1. The van der Waals surface area contributed by atoms with Gasteiger partial charge in [0.25, 0.3) is 5.91 Å². The number of hydrogen-bond donors (Lipinski definition) is 0. The zero-order chi connectivity index (χ0) is 16.3. The molecule has 1 aromatic rings. The first-order valence-electron chi connectivity index (χ1n) is 6.64. The molecule has 0 saturated carbocycles. The first-order valence-corrected chi connectivity index (χ1v) is 7.87. The number of carbonyl (C=O) groups is 2. The van der Waals surface area contributed by atoms with E-state index in [1.807, 2.05) is 25.1 Å². The number of thioether (sulfide) groups is 1. The second kappa shape index (κ2) is 6.93. The van der Waals surface area contributed by atoms with Gasteiger partial charge in [0.05, 0.1) is 23.5 Å². The van der Waals surface area contributed by atoms with Crippen molar-refractivity contribution < 1.29 is 19.4 Å². The van der Waals surface area contributed by atoms with E-state index in [9.17, 15) is 14.7 Å². The molecule has 0 unspecified atom stereocenters. The van der Waals surface area contributed by atoms with E-state index in [1.165, 1.54) is 6.92 Å². The summed E-state index contributed by atoms with van der Waals surface area (Å²) < 4.78 is 5.62. The maximum Gasteiger partial charge on any atom is 0.266 e. The van der Waals surface area contributed by atoms with Gasteiger partial charge in [-0.25, -0.2) is 0 Å². The number of benzene rings is 1. The molecule has 116 valence electrons. The zero-order valence-electron chi connectivity index (χ0n) is 12.1. The molecule has 0 spiro atoms. The molecule has 1 amide bonds. The Hall–Kier alpha value is -1.86. The first-order chi connectivity index (χ1) is 10.4. The van der Waals surface area contributed by atoms with Crippen LogP contribution in [0.1, 0.15) is 19.4 Å². The van der Waals surface area contributed by atoms with Crippen molar-refractivity contribution in [2.24, 2.45) is 0 Å². The van der Waals surface area contributed by atoms with Crippen LogP contribution in [0.25, 0.3) is 6.08 Å². The smallest absolute Gasteiger partial charge is 0.266 e. The molecule has 1 saturated heterocycles. The maximum atomic E-state index is 12.3. The van der Waals surface area contributed by atoms with Gasteiger partial charge in [-0.3, -0.25) is 9.69 Å². The molecule has 1 aliphatic heterocycles. The van der Waals surface area contributed by atoms with Crippen molar-refractivity contribution in [3.8, 4) is 5.75 Å². The highest BCUT2D eigenvalue weighted by atomic mass is 32.2. The highest BCUT2D eigenvalue weighted by Gasteiger charge is 2.35. The molecule has 0 radical (unpaired) electrons. The molecule has 2 rings (SSSR count). The van der Waals surface area contributed by atoms with Crippen LogP contribution in [-0.2, 0) is 9.59 Å². The Morgan fingerprint density at radius 1 is 1.55 bits per heavy atom.